The third-order valence-electron chi connectivity index (χ3n) is 5.43. The standard InChI is InChI=1S/C18H27N3O3/c1-13(2)15(20-16(22)14-4-3-11-24-14)17(23)21-9-6-18(7-10-21)5-8-19-12-18/h3-4,11,13,15,19H,5-10,12H2,1-2H3,(H,20,22). The molecule has 2 N–H and O–H groups in total. The van der Waals surface area contributed by atoms with Crippen molar-refractivity contribution < 1.29 is 14.0 Å². The highest BCUT2D eigenvalue weighted by molar-refractivity contribution is 5.95. The minimum absolute atomic E-state index is 0.0192. The van der Waals surface area contributed by atoms with E-state index in [9.17, 15) is 9.59 Å². The molecule has 3 heterocycles. The molecule has 1 aromatic heterocycles. The average molecular weight is 333 g/mol. The normalized spacial score (nSPS) is 21.2. The van der Waals surface area contributed by atoms with E-state index in [-0.39, 0.29) is 23.5 Å². The number of carbonyl (C=O) groups is 2. The zero-order valence-corrected chi connectivity index (χ0v) is 14.5. The molecule has 6 heteroatoms. The van der Waals surface area contributed by atoms with Crippen LogP contribution in [0.1, 0.15) is 43.7 Å². The van der Waals surface area contributed by atoms with Gasteiger partial charge in [0.05, 0.1) is 6.26 Å². The van der Waals surface area contributed by atoms with Crippen molar-refractivity contribution in [3.05, 3.63) is 24.2 Å². The Labute approximate surface area is 143 Å². The van der Waals surface area contributed by atoms with E-state index in [0.29, 0.717) is 5.41 Å². The van der Waals surface area contributed by atoms with E-state index in [4.69, 9.17) is 4.42 Å². The summed E-state index contributed by atoms with van der Waals surface area (Å²) in [6.45, 7) is 7.62. The van der Waals surface area contributed by atoms with Gasteiger partial charge in [0.1, 0.15) is 6.04 Å². The molecule has 24 heavy (non-hydrogen) atoms. The Morgan fingerprint density at radius 3 is 2.58 bits per heavy atom. The summed E-state index contributed by atoms with van der Waals surface area (Å²) < 4.78 is 5.12. The molecular weight excluding hydrogens is 306 g/mol. The third-order valence-corrected chi connectivity index (χ3v) is 5.43. The summed E-state index contributed by atoms with van der Waals surface area (Å²) in [6.07, 6.45) is 4.75. The Hall–Kier alpha value is -1.82. The SMILES string of the molecule is CC(C)C(NC(=O)c1ccco1)C(=O)N1CCC2(CCNC2)CC1. The fourth-order valence-corrected chi connectivity index (χ4v) is 3.75. The van der Waals surface area contributed by atoms with Gasteiger partial charge >= 0.3 is 0 Å². The molecule has 1 spiro atoms. The number of hydrogen-bond acceptors (Lipinski definition) is 4. The number of carbonyl (C=O) groups excluding carboxylic acids is 2. The van der Waals surface area contributed by atoms with Crippen molar-refractivity contribution in [2.45, 2.75) is 39.2 Å². The smallest absolute Gasteiger partial charge is 0.287 e. The molecule has 0 aliphatic carbocycles. The lowest BCUT2D eigenvalue weighted by Crippen LogP contribution is -2.54. The van der Waals surface area contributed by atoms with Gasteiger partial charge in [-0.1, -0.05) is 13.8 Å². The van der Waals surface area contributed by atoms with Crippen molar-refractivity contribution >= 4 is 11.8 Å². The van der Waals surface area contributed by atoms with E-state index in [1.54, 1.807) is 12.1 Å². The molecular formula is C18H27N3O3. The van der Waals surface area contributed by atoms with Crippen molar-refractivity contribution in [1.29, 1.82) is 0 Å². The van der Waals surface area contributed by atoms with Crippen LogP contribution in [0.15, 0.2) is 22.8 Å². The van der Waals surface area contributed by atoms with Crippen LogP contribution < -0.4 is 10.6 Å². The fraction of sp³-hybridized carbons (Fsp3) is 0.667. The molecule has 0 saturated carbocycles. The van der Waals surface area contributed by atoms with Crippen LogP contribution in [0, 0.1) is 11.3 Å². The van der Waals surface area contributed by atoms with Crippen molar-refractivity contribution in [2.75, 3.05) is 26.2 Å². The Bertz CT molecular complexity index is 566. The molecule has 2 aliphatic rings. The Morgan fingerprint density at radius 2 is 2.04 bits per heavy atom. The Kier molecular flexibility index (Phi) is 4.94. The first-order chi connectivity index (χ1) is 11.5. The Morgan fingerprint density at radius 1 is 1.29 bits per heavy atom. The number of hydrogen-bond donors (Lipinski definition) is 2. The first kappa shape index (κ1) is 17.0. The first-order valence-electron chi connectivity index (χ1n) is 8.85. The van der Waals surface area contributed by atoms with E-state index in [0.717, 1.165) is 39.0 Å². The summed E-state index contributed by atoms with van der Waals surface area (Å²) >= 11 is 0. The van der Waals surface area contributed by atoms with E-state index in [1.165, 1.54) is 12.7 Å². The van der Waals surface area contributed by atoms with E-state index in [2.05, 4.69) is 10.6 Å². The molecule has 1 atom stereocenters. The number of nitrogens with one attached hydrogen (secondary N) is 2. The quantitative estimate of drug-likeness (QED) is 0.878. The molecule has 2 fully saturated rings. The minimum Gasteiger partial charge on any atom is -0.459 e. The number of piperidine rings is 1. The van der Waals surface area contributed by atoms with Gasteiger partial charge in [0.2, 0.25) is 5.91 Å². The lowest BCUT2D eigenvalue weighted by atomic mass is 9.77. The maximum atomic E-state index is 12.9. The van der Waals surface area contributed by atoms with Crippen LogP contribution in [0.5, 0.6) is 0 Å². The number of nitrogens with zero attached hydrogens (tertiary/aromatic N) is 1. The van der Waals surface area contributed by atoms with E-state index in [1.807, 2.05) is 18.7 Å². The van der Waals surface area contributed by atoms with Gasteiger partial charge < -0.3 is 20.0 Å². The molecule has 6 nitrogen and oxygen atoms in total. The highest BCUT2D eigenvalue weighted by Gasteiger charge is 2.39. The van der Waals surface area contributed by atoms with Crippen molar-refractivity contribution in [1.82, 2.24) is 15.5 Å². The molecule has 0 radical (unpaired) electrons. The second-order valence-corrected chi connectivity index (χ2v) is 7.42. The van der Waals surface area contributed by atoms with Gasteiger partial charge in [-0.25, -0.2) is 0 Å². The summed E-state index contributed by atoms with van der Waals surface area (Å²) in [6, 6.07) is 2.76. The highest BCUT2D eigenvalue weighted by Crippen LogP contribution is 2.37. The number of rotatable bonds is 4. The summed E-state index contributed by atoms with van der Waals surface area (Å²) in [5.41, 5.74) is 0.377. The lowest BCUT2D eigenvalue weighted by molar-refractivity contribution is -0.136. The predicted molar refractivity (Wildman–Crippen MR) is 90.5 cm³/mol. The molecule has 3 rings (SSSR count). The maximum absolute atomic E-state index is 12.9. The second kappa shape index (κ2) is 6.97. The van der Waals surface area contributed by atoms with Crippen LogP contribution in [-0.4, -0.2) is 48.9 Å². The van der Waals surface area contributed by atoms with Gasteiger partial charge in [-0.3, -0.25) is 9.59 Å². The second-order valence-electron chi connectivity index (χ2n) is 7.42. The minimum atomic E-state index is -0.515. The zero-order chi connectivity index (χ0) is 17.2. The topological polar surface area (TPSA) is 74.6 Å². The zero-order valence-electron chi connectivity index (χ0n) is 14.5. The van der Waals surface area contributed by atoms with Gasteiger partial charge in [0, 0.05) is 19.6 Å². The summed E-state index contributed by atoms with van der Waals surface area (Å²) in [5.74, 6) is -0.0465. The predicted octanol–water partition coefficient (Wildman–Crippen LogP) is 1.64. The summed E-state index contributed by atoms with van der Waals surface area (Å²) in [4.78, 5) is 27.1. The number of likely N-dealkylation sites (tertiary alicyclic amines) is 1. The van der Waals surface area contributed by atoms with E-state index < -0.39 is 6.04 Å². The van der Waals surface area contributed by atoms with Crippen molar-refractivity contribution in [3.8, 4) is 0 Å². The van der Waals surface area contributed by atoms with Gasteiger partial charge in [0.15, 0.2) is 5.76 Å². The van der Waals surface area contributed by atoms with E-state index >= 15 is 0 Å². The number of furan rings is 1. The van der Waals surface area contributed by atoms with Crippen LogP contribution in [-0.2, 0) is 4.79 Å². The highest BCUT2D eigenvalue weighted by atomic mass is 16.3. The van der Waals surface area contributed by atoms with Gasteiger partial charge in [-0.15, -0.1) is 0 Å². The van der Waals surface area contributed by atoms with Crippen LogP contribution in [0.25, 0.3) is 0 Å². The molecule has 2 saturated heterocycles. The van der Waals surface area contributed by atoms with Gasteiger partial charge in [-0.05, 0) is 49.3 Å². The molecule has 0 bridgehead atoms. The maximum Gasteiger partial charge on any atom is 0.287 e. The summed E-state index contributed by atoms with van der Waals surface area (Å²) in [7, 11) is 0. The van der Waals surface area contributed by atoms with Gasteiger partial charge in [0.25, 0.3) is 5.91 Å². The fourth-order valence-electron chi connectivity index (χ4n) is 3.75. The first-order valence-corrected chi connectivity index (χ1v) is 8.85. The van der Waals surface area contributed by atoms with Gasteiger partial charge in [-0.2, -0.15) is 0 Å². The van der Waals surface area contributed by atoms with Crippen LogP contribution in [0.2, 0.25) is 0 Å². The molecule has 0 aromatic carbocycles. The monoisotopic (exact) mass is 333 g/mol. The average Bonchev–Trinajstić information content (AvgIpc) is 3.24. The van der Waals surface area contributed by atoms with Crippen molar-refractivity contribution in [2.24, 2.45) is 11.3 Å². The number of amides is 2. The molecule has 2 aliphatic heterocycles. The summed E-state index contributed by atoms with van der Waals surface area (Å²) in [5, 5.41) is 6.28. The van der Waals surface area contributed by atoms with Crippen LogP contribution in [0.3, 0.4) is 0 Å². The van der Waals surface area contributed by atoms with Crippen LogP contribution >= 0.6 is 0 Å². The molecule has 2 amide bonds. The Balaban J connectivity index is 1.61. The van der Waals surface area contributed by atoms with Crippen LogP contribution in [0.4, 0.5) is 0 Å². The third kappa shape index (κ3) is 3.48. The lowest BCUT2D eigenvalue weighted by Gasteiger charge is -2.40. The largest absolute Gasteiger partial charge is 0.459 e. The molecule has 132 valence electrons. The molecule has 1 aromatic rings. The molecule has 1 unspecified atom stereocenters. The van der Waals surface area contributed by atoms with Crippen molar-refractivity contribution in [3.63, 3.8) is 0 Å².